The number of ketones is 3. The molecule has 1 atom stereocenters. The first-order chi connectivity index (χ1) is 18.0. The number of aromatic nitrogens is 2. The molecule has 2 heterocycles. The van der Waals surface area contributed by atoms with Gasteiger partial charge in [-0.1, -0.05) is 11.8 Å². The number of carbonyl (C=O) groups is 3. The molecule has 3 aromatic rings. The summed E-state index contributed by atoms with van der Waals surface area (Å²) in [5.74, 6) is -1.95. The number of ether oxygens (including phenoxy) is 3. The van der Waals surface area contributed by atoms with Crippen LogP contribution < -0.4 is 14.2 Å². The summed E-state index contributed by atoms with van der Waals surface area (Å²) in [4.78, 5) is 46.9. The van der Waals surface area contributed by atoms with Gasteiger partial charge in [-0.15, -0.1) is 0 Å². The van der Waals surface area contributed by atoms with Gasteiger partial charge in [-0.3, -0.25) is 14.4 Å². The number of hydrogen-bond donors (Lipinski definition) is 3. The number of phenolic OH excluding ortho intramolecular Hbond substituents is 1. The number of carbonyl (C=O) groups excluding carboxylic acids is 3. The first kappa shape index (κ1) is 25.4. The number of aromatic amines is 1. The number of imidazole rings is 1. The molecule has 11 heteroatoms. The van der Waals surface area contributed by atoms with Crippen molar-refractivity contribution >= 4 is 40.1 Å². The number of nitrogens with one attached hydrogen (secondary N) is 1. The number of methoxy groups -OCH3 is 2. The van der Waals surface area contributed by atoms with Gasteiger partial charge in [0.1, 0.15) is 51.1 Å². The summed E-state index contributed by atoms with van der Waals surface area (Å²) < 4.78 is 16.7. The van der Waals surface area contributed by atoms with Gasteiger partial charge in [0.15, 0.2) is 22.5 Å². The van der Waals surface area contributed by atoms with Crippen molar-refractivity contribution in [3.8, 4) is 23.0 Å². The quantitative estimate of drug-likeness (QED) is 0.229. The van der Waals surface area contributed by atoms with Crippen LogP contribution in [0.1, 0.15) is 35.3 Å². The van der Waals surface area contributed by atoms with E-state index in [1.165, 1.54) is 27.0 Å². The van der Waals surface area contributed by atoms with E-state index in [9.17, 15) is 24.6 Å². The second-order valence-electron chi connectivity index (χ2n) is 9.10. The lowest BCUT2D eigenvalue weighted by Gasteiger charge is -2.28. The summed E-state index contributed by atoms with van der Waals surface area (Å²) in [6.45, 7) is 4.21. The maximum atomic E-state index is 13.6. The van der Waals surface area contributed by atoms with E-state index in [0.29, 0.717) is 16.4 Å². The summed E-state index contributed by atoms with van der Waals surface area (Å²) in [6, 6.07) is 5.39. The Labute approximate surface area is 221 Å². The molecule has 0 saturated heterocycles. The van der Waals surface area contributed by atoms with E-state index >= 15 is 0 Å². The minimum absolute atomic E-state index is 0.00381. The number of fused-ring (bicyclic) bond motifs is 4. The van der Waals surface area contributed by atoms with Crippen molar-refractivity contribution in [2.45, 2.75) is 31.3 Å². The zero-order chi connectivity index (χ0) is 27.5. The van der Waals surface area contributed by atoms with Crippen molar-refractivity contribution < 1.29 is 38.8 Å². The molecule has 0 saturated carbocycles. The SMILES string of the molecule is COc1ccc2nc(SCC(=O)c3c(OC)c(C)c(O)c4c3OC3=CC(O)=C(C(C)=O)C(=O)[C@@]34C)[nH]c2c1. The highest BCUT2D eigenvalue weighted by Crippen LogP contribution is 2.58. The van der Waals surface area contributed by atoms with Crippen LogP contribution >= 0.6 is 11.8 Å². The molecule has 2 aliphatic rings. The van der Waals surface area contributed by atoms with E-state index in [2.05, 4.69) is 9.97 Å². The third-order valence-electron chi connectivity index (χ3n) is 6.87. The van der Waals surface area contributed by atoms with Crippen molar-refractivity contribution in [2.24, 2.45) is 0 Å². The molecular formula is C27H24N2O8S. The second kappa shape index (κ2) is 8.95. The summed E-state index contributed by atoms with van der Waals surface area (Å²) in [5.41, 5.74) is -0.248. The van der Waals surface area contributed by atoms with Gasteiger partial charge in [0.25, 0.3) is 0 Å². The van der Waals surface area contributed by atoms with Gasteiger partial charge in [0.2, 0.25) is 0 Å². The van der Waals surface area contributed by atoms with Gasteiger partial charge in [0.05, 0.1) is 36.6 Å². The molecule has 2 aromatic carbocycles. The van der Waals surface area contributed by atoms with Crippen LogP contribution in [-0.2, 0) is 15.0 Å². The van der Waals surface area contributed by atoms with E-state index in [0.717, 1.165) is 17.3 Å². The van der Waals surface area contributed by atoms with Gasteiger partial charge < -0.3 is 29.4 Å². The third kappa shape index (κ3) is 3.57. The van der Waals surface area contributed by atoms with Crippen LogP contribution in [0.25, 0.3) is 11.0 Å². The van der Waals surface area contributed by atoms with Crippen LogP contribution in [0.15, 0.2) is 46.5 Å². The Balaban J connectivity index is 1.56. The summed E-state index contributed by atoms with van der Waals surface area (Å²) >= 11 is 1.16. The monoisotopic (exact) mass is 536 g/mol. The molecule has 1 aliphatic heterocycles. The number of nitrogens with zero attached hydrogens (tertiary/aromatic N) is 1. The van der Waals surface area contributed by atoms with Gasteiger partial charge in [-0.2, -0.15) is 0 Å². The number of phenols is 1. The lowest BCUT2D eigenvalue weighted by Crippen LogP contribution is -2.38. The fraction of sp³-hybridized carbons (Fsp3) is 0.259. The number of Topliss-reactive ketones (excluding diaryl/α,β-unsaturated/α-hetero) is 3. The topological polar surface area (TPSA) is 148 Å². The number of aliphatic hydroxyl groups excluding tert-OH is 1. The molecule has 38 heavy (non-hydrogen) atoms. The molecule has 0 bridgehead atoms. The van der Waals surface area contributed by atoms with Crippen LogP contribution in [0.5, 0.6) is 23.0 Å². The Kier molecular flexibility index (Phi) is 5.98. The number of allylic oxidation sites excluding steroid dienone is 3. The largest absolute Gasteiger partial charge is 0.507 e. The van der Waals surface area contributed by atoms with Crippen molar-refractivity contribution in [1.82, 2.24) is 9.97 Å². The standard InChI is InChI=1S/C27H24N2O8S/c1-11-22(33)21-24(37-18-9-16(31)19(12(2)30)25(34)27(18,21)3)20(23(11)36-5)17(32)10-38-26-28-14-7-6-13(35-4)8-15(14)29-26/h6-9,31,33H,10H2,1-5H3,(H,28,29)/t27-/m0/s1. The average Bonchev–Trinajstić information content (AvgIpc) is 3.42. The molecule has 0 unspecified atom stereocenters. The predicted octanol–water partition coefficient (Wildman–Crippen LogP) is 4.09. The molecule has 0 fully saturated rings. The van der Waals surface area contributed by atoms with E-state index in [1.54, 1.807) is 32.2 Å². The van der Waals surface area contributed by atoms with Crippen LogP contribution in [-0.4, -0.2) is 57.5 Å². The summed E-state index contributed by atoms with van der Waals surface area (Å²) in [6.07, 6.45) is 1.17. The van der Waals surface area contributed by atoms with E-state index in [-0.39, 0.29) is 45.5 Å². The number of rotatable bonds is 7. The van der Waals surface area contributed by atoms with Crippen LogP contribution in [0.4, 0.5) is 0 Å². The van der Waals surface area contributed by atoms with E-state index < -0.39 is 34.1 Å². The number of H-pyrrole nitrogens is 1. The second-order valence-corrected chi connectivity index (χ2v) is 10.1. The van der Waals surface area contributed by atoms with Crippen molar-refractivity contribution in [3.05, 3.63) is 58.1 Å². The van der Waals surface area contributed by atoms with Crippen molar-refractivity contribution in [3.63, 3.8) is 0 Å². The van der Waals surface area contributed by atoms with Crippen LogP contribution in [0.2, 0.25) is 0 Å². The number of thioether (sulfide) groups is 1. The molecule has 10 nitrogen and oxygen atoms in total. The maximum Gasteiger partial charge on any atom is 0.188 e. The first-order valence-electron chi connectivity index (χ1n) is 11.6. The maximum absolute atomic E-state index is 13.6. The minimum Gasteiger partial charge on any atom is -0.507 e. The molecular weight excluding hydrogens is 512 g/mol. The van der Waals surface area contributed by atoms with Crippen LogP contribution in [0, 0.1) is 6.92 Å². The average molecular weight is 537 g/mol. The minimum atomic E-state index is -1.62. The Bertz CT molecular complexity index is 1630. The Morgan fingerprint density at radius 3 is 2.61 bits per heavy atom. The Morgan fingerprint density at radius 2 is 1.95 bits per heavy atom. The lowest BCUT2D eigenvalue weighted by atomic mass is 9.71. The predicted molar refractivity (Wildman–Crippen MR) is 139 cm³/mol. The Morgan fingerprint density at radius 1 is 1.21 bits per heavy atom. The van der Waals surface area contributed by atoms with E-state index in [1.807, 2.05) is 0 Å². The molecule has 0 amide bonds. The normalized spacial score (nSPS) is 18.1. The fourth-order valence-corrected chi connectivity index (χ4v) is 5.65. The highest BCUT2D eigenvalue weighted by molar-refractivity contribution is 7.99. The molecule has 1 aliphatic carbocycles. The number of aromatic hydroxyl groups is 1. The summed E-state index contributed by atoms with van der Waals surface area (Å²) in [7, 11) is 2.93. The van der Waals surface area contributed by atoms with Gasteiger partial charge in [-0.05, 0) is 32.9 Å². The zero-order valence-electron chi connectivity index (χ0n) is 21.2. The lowest BCUT2D eigenvalue weighted by molar-refractivity contribution is -0.123. The highest BCUT2D eigenvalue weighted by atomic mass is 32.2. The molecule has 196 valence electrons. The molecule has 5 rings (SSSR count). The van der Waals surface area contributed by atoms with Gasteiger partial charge >= 0.3 is 0 Å². The smallest absolute Gasteiger partial charge is 0.188 e. The number of aliphatic hydroxyl groups is 1. The summed E-state index contributed by atoms with van der Waals surface area (Å²) in [5, 5.41) is 22.0. The van der Waals surface area contributed by atoms with Gasteiger partial charge in [0, 0.05) is 17.7 Å². The molecule has 0 radical (unpaired) electrons. The first-order valence-corrected chi connectivity index (χ1v) is 12.5. The zero-order valence-corrected chi connectivity index (χ0v) is 22.0. The molecule has 1 aromatic heterocycles. The molecule has 3 N–H and O–H groups in total. The third-order valence-corrected chi connectivity index (χ3v) is 7.74. The fourth-order valence-electron chi connectivity index (χ4n) is 4.90. The van der Waals surface area contributed by atoms with E-state index in [4.69, 9.17) is 14.2 Å². The Hall–Kier alpha value is -4.25. The number of benzene rings is 2. The number of hydrogen-bond acceptors (Lipinski definition) is 10. The highest BCUT2D eigenvalue weighted by Gasteiger charge is 2.55. The van der Waals surface area contributed by atoms with Crippen molar-refractivity contribution in [1.29, 1.82) is 0 Å². The van der Waals surface area contributed by atoms with Crippen molar-refractivity contribution in [2.75, 3.05) is 20.0 Å². The van der Waals surface area contributed by atoms with Gasteiger partial charge in [-0.25, -0.2) is 4.98 Å². The molecule has 0 spiro atoms. The van der Waals surface area contributed by atoms with Crippen LogP contribution in [0.3, 0.4) is 0 Å².